The normalized spacial score (nSPS) is 17.3. The van der Waals surface area contributed by atoms with Crippen LogP contribution >= 0.6 is 15.9 Å². The molecule has 1 aromatic heterocycles. The van der Waals surface area contributed by atoms with Crippen LogP contribution in [-0.4, -0.2) is 9.78 Å². The lowest BCUT2D eigenvalue weighted by Crippen LogP contribution is -2.05. The van der Waals surface area contributed by atoms with Gasteiger partial charge in [-0.2, -0.15) is 5.10 Å². The van der Waals surface area contributed by atoms with Crippen LogP contribution in [0.15, 0.2) is 22.7 Å². The monoisotopic (exact) mass is 335 g/mol. The highest BCUT2D eigenvalue weighted by Gasteiger charge is 2.19. The molecule has 1 unspecified atom stereocenters. The highest BCUT2D eigenvalue weighted by atomic mass is 79.9. The van der Waals surface area contributed by atoms with Crippen molar-refractivity contribution in [2.75, 3.05) is 0 Å². The molecule has 1 atom stereocenters. The Morgan fingerprint density at radius 2 is 2.30 bits per heavy atom. The van der Waals surface area contributed by atoms with E-state index in [1.165, 1.54) is 11.1 Å². The summed E-state index contributed by atoms with van der Waals surface area (Å²) in [5.74, 6) is 0.892. The Morgan fingerprint density at radius 1 is 1.50 bits per heavy atom. The fourth-order valence-electron chi connectivity index (χ4n) is 2.71. The second kappa shape index (κ2) is 5.22. The molecule has 1 aromatic carbocycles. The molecule has 2 aromatic rings. The van der Waals surface area contributed by atoms with Gasteiger partial charge in [-0.3, -0.25) is 4.68 Å². The minimum Gasteiger partial charge on any atom is -0.487 e. The number of benzene rings is 1. The molecule has 0 spiro atoms. The van der Waals surface area contributed by atoms with Gasteiger partial charge in [0.25, 0.3) is 0 Å². The summed E-state index contributed by atoms with van der Waals surface area (Å²) in [5.41, 5.74) is 10.6. The van der Waals surface area contributed by atoms with Crippen LogP contribution in [0.3, 0.4) is 0 Å². The summed E-state index contributed by atoms with van der Waals surface area (Å²) < 4.78 is 8.76. The van der Waals surface area contributed by atoms with E-state index in [4.69, 9.17) is 10.5 Å². The molecule has 0 saturated heterocycles. The van der Waals surface area contributed by atoms with Gasteiger partial charge in [0, 0.05) is 13.1 Å². The van der Waals surface area contributed by atoms with Crippen LogP contribution in [0, 0.1) is 6.92 Å². The van der Waals surface area contributed by atoms with Gasteiger partial charge in [-0.15, -0.1) is 0 Å². The maximum atomic E-state index is 6.05. The van der Waals surface area contributed by atoms with Gasteiger partial charge < -0.3 is 10.5 Å². The minimum absolute atomic E-state index is 0.188. The highest BCUT2D eigenvalue weighted by molar-refractivity contribution is 9.10. The number of aromatic nitrogens is 2. The van der Waals surface area contributed by atoms with Crippen LogP contribution in [0.5, 0.6) is 5.75 Å². The van der Waals surface area contributed by atoms with Gasteiger partial charge in [0.05, 0.1) is 15.9 Å². The standard InChI is InChI=1S/C15H18BrN3O/c1-9-15(16)14(19(2)18-9)8-20-11-4-5-12-10(7-11)3-6-13(12)17/h4-5,7,13H,3,6,8,17H2,1-2H3. The molecule has 0 amide bonds. The Morgan fingerprint density at radius 3 is 3.00 bits per heavy atom. The lowest BCUT2D eigenvalue weighted by atomic mass is 10.1. The zero-order chi connectivity index (χ0) is 14.3. The molecular weight excluding hydrogens is 318 g/mol. The Balaban J connectivity index is 1.76. The number of hydrogen-bond donors (Lipinski definition) is 1. The molecule has 0 aliphatic heterocycles. The Hall–Kier alpha value is -1.33. The molecule has 1 aliphatic rings. The third kappa shape index (κ3) is 2.36. The van der Waals surface area contributed by atoms with E-state index >= 15 is 0 Å². The Bertz CT molecular complexity index is 651. The maximum absolute atomic E-state index is 6.05. The van der Waals surface area contributed by atoms with Crippen molar-refractivity contribution >= 4 is 15.9 Å². The van der Waals surface area contributed by atoms with E-state index in [0.717, 1.165) is 34.5 Å². The third-order valence-corrected chi connectivity index (χ3v) is 4.91. The van der Waals surface area contributed by atoms with Gasteiger partial charge in [-0.25, -0.2) is 0 Å². The molecule has 0 bridgehead atoms. The predicted molar refractivity (Wildman–Crippen MR) is 81.7 cm³/mol. The SMILES string of the molecule is Cc1nn(C)c(COc2ccc3c(c2)CCC3N)c1Br. The second-order valence-corrected chi connectivity index (χ2v) is 6.06. The summed E-state index contributed by atoms with van der Waals surface area (Å²) in [6.07, 6.45) is 2.08. The van der Waals surface area contributed by atoms with Crippen molar-refractivity contribution in [1.82, 2.24) is 9.78 Å². The summed E-state index contributed by atoms with van der Waals surface area (Å²) in [5, 5.41) is 4.36. The fourth-order valence-corrected chi connectivity index (χ4v) is 3.16. The van der Waals surface area contributed by atoms with E-state index < -0.39 is 0 Å². The molecule has 106 valence electrons. The number of hydrogen-bond acceptors (Lipinski definition) is 3. The van der Waals surface area contributed by atoms with Crippen LogP contribution in [0.1, 0.15) is 35.0 Å². The van der Waals surface area contributed by atoms with Crippen LogP contribution < -0.4 is 10.5 Å². The number of ether oxygens (including phenoxy) is 1. The first-order chi connectivity index (χ1) is 9.56. The summed E-state index contributed by atoms with van der Waals surface area (Å²) in [7, 11) is 1.93. The Labute approximate surface area is 127 Å². The number of halogens is 1. The predicted octanol–water partition coefficient (Wildman–Crippen LogP) is 3.02. The number of aryl methyl sites for hydroxylation is 3. The molecule has 4 nitrogen and oxygen atoms in total. The molecule has 1 aliphatic carbocycles. The van der Waals surface area contributed by atoms with Gasteiger partial charge in [0.1, 0.15) is 12.4 Å². The first-order valence-corrected chi connectivity index (χ1v) is 7.54. The highest BCUT2D eigenvalue weighted by Crippen LogP contribution is 2.32. The van der Waals surface area contributed by atoms with Gasteiger partial charge >= 0.3 is 0 Å². The van der Waals surface area contributed by atoms with Crippen molar-refractivity contribution in [3.05, 3.63) is 45.2 Å². The molecule has 5 heteroatoms. The quantitative estimate of drug-likeness (QED) is 0.937. The largest absolute Gasteiger partial charge is 0.487 e. The van der Waals surface area contributed by atoms with Crippen molar-refractivity contribution in [3.8, 4) is 5.75 Å². The smallest absolute Gasteiger partial charge is 0.131 e. The summed E-state index contributed by atoms with van der Waals surface area (Å²) in [6, 6.07) is 6.39. The second-order valence-electron chi connectivity index (χ2n) is 5.26. The molecule has 0 radical (unpaired) electrons. The number of nitrogens with zero attached hydrogens (tertiary/aromatic N) is 2. The van der Waals surface area contributed by atoms with Gasteiger partial charge in [0.2, 0.25) is 0 Å². The van der Waals surface area contributed by atoms with Crippen molar-refractivity contribution in [1.29, 1.82) is 0 Å². The summed E-state index contributed by atoms with van der Waals surface area (Å²) in [4.78, 5) is 0. The molecule has 0 saturated carbocycles. The summed E-state index contributed by atoms with van der Waals surface area (Å²) >= 11 is 3.55. The molecule has 1 heterocycles. The van der Waals surface area contributed by atoms with E-state index in [1.54, 1.807) is 0 Å². The van der Waals surface area contributed by atoms with Gasteiger partial charge in [0.15, 0.2) is 0 Å². The topological polar surface area (TPSA) is 53.1 Å². The first-order valence-electron chi connectivity index (χ1n) is 6.75. The van der Waals surface area contributed by atoms with E-state index in [0.29, 0.717) is 6.61 Å². The minimum atomic E-state index is 0.188. The van der Waals surface area contributed by atoms with Crippen molar-refractivity contribution in [2.24, 2.45) is 12.8 Å². The molecule has 20 heavy (non-hydrogen) atoms. The zero-order valence-corrected chi connectivity index (χ0v) is 13.3. The average Bonchev–Trinajstić information content (AvgIpc) is 2.90. The van der Waals surface area contributed by atoms with Crippen molar-refractivity contribution in [3.63, 3.8) is 0 Å². The van der Waals surface area contributed by atoms with Crippen LogP contribution in [0.4, 0.5) is 0 Å². The lowest BCUT2D eigenvalue weighted by Gasteiger charge is -2.10. The third-order valence-electron chi connectivity index (χ3n) is 3.88. The average molecular weight is 336 g/mol. The number of rotatable bonds is 3. The van der Waals surface area contributed by atoms with Crippen LogP contribution in [-0.2, 0) is 20.1 Å². The molecular formula is C15H18BrN3O. The van der Waals surface area contributed by atoms with Crippen molar-refractivity contribution in [2.45, 2.75) is 32.4 Å². The molecule has 2 N–H and O–H groups in total. The van der Waals surface area contributed by atoms with E-state index in [2.05, 4.69) is 33.2 Å². The van der Waals surface area contributed by atoms with Crippen LogP contribution in [0.25, 0.3) is 0 Å². The zero-order valence-electron chi connectivity index (χ0n) is 11.7. The lowest BCUT2D eigenvalue weighted by molar-refractivity contribution is 0.294. The van der Waals surface area contributed by atoms with Gasteiger partial charge in [-0.05, 0) is 59.0 Å². The fraction of sp³-hybridized carbons (Fsp3) is 0.400. The van der Waals surface area contributed by atoms with Crippen LogP contribution in [0.2, 0.25) is 0 Å². The van der Waals surface area contributed by atoms with Gasteiger partial charge in [-0.1, -0.05) is 6.07 Å². The van der Waals surface area contributed by atoms with Crippen molar-refractivity contribution < 1.29 is 4.74 Å². The number of nitrogens with two attached hydrogens (primary N) is 1. The Kier molecular flexibility index (Phi) is 3.56. The van der Waals surface area contributed by atoms with E-state index in [-0.39, 0.29) is 6.04 Å². The first kappa shape index (κ1) is 13.6. The van der Waals surface area contributed by atoms with E-state index in [1.807, 2.05) is 24.7 Å². The number of fused-ring (bicyclic) bond motifs is 1. The molecule has 3 rings (SSSR count). The van der Waals surface area contributed by atoms with E-state index in [9.17, 15) is 0 Å². The molecule has 0 fully saturated rings. The maximum Gasteiger partial charge on any atom is 0.131 e. The summed E-state index contributed by atoms with van der Waals surface area (Å²) in [6.45, 7) is 2.48.